The number of hydrogen-bond acceptors (Lipinski definition) is 5. The van der Waals surface area contributed by atoms with Gasteiger partial charge in [0.15, 0.2) is 5.76 Å². The summed E-state index contributed by atoms with van der Waals surface area (Å²) in [6, 6.07) is 21.1. The van der Waals surface area contributed by atoms with Crippen LogP contribution in [0.15, 0.2) is 87.4 Å². The van der Waals surface area contributed by atoms with Gasteiger partial charge in [-0.2, -0.15) is 0 Å². The van der Waals surface area contributed by atoms with Crippen molar-refractivity contribution in [3.05, 3.63) is 99.9 Å². The standard InChI is InChI=1S/C24H13BrO5/c25-16-7-5-14(6-8-16)11-21-23(26)18-10-9-17(13-20(18)30-21)28-24(27)22-12-15-3-1-2-4-19(15)29-22/h1-13H/b21-11-. The molecule has 0 amide bonds. The average molecular weight is 461 g/mol. The van der Waals surface area contributed by atoms with Gasteiger partial charge in [-0.15, -0.1) is 0 Å². The van der Waals surface area contributed by atoms with E-state index >= 15 is 0 Å². The Labute approximate surface area is 179 Å². The van der Waals surface area contributed by atoms with E-state index in [0.717, 1.165) is 15.4 Å². The molecule has 0 saturated carbocycles. The molecular weight excluding hydrogens is 448 g/mol. The Morgan fingerprint density at radius 3 is 2.57 bits per heavy atom. The number of allylic oxidation sites excluding steroid dienone is 1. The Bertz CT molecular complexity index is 1300. The zero-order valence-electron chi connectivity index (χ0n) is 15.4. The lowest BCUT2D eigenvalue weighted by atomic mass is 10.1. The van der Waals surface area contributed by atoms with Crippen molar-refractivity contribution in [1.82, 2.24) is 0 Å². The van der Waals surface area contributed by atoms with Crippen LogP contribution in [0.4, 0.5) is 0 Å². The minimum absolute atomic E-state index is 0.101. The lowest BCUT2D eigenvalue weighted by molar-refractivity contribution is 0.0703. The van der Waals surface area contributed by atoms with Gasteiger partial charge in [0.25, 0.3) is 0 Å². The highest BCUT2D eigenvalue weighted by Gasteiger charge is 2.28. The van der Waals surface area contributed by atoms with Crippen molar-refractivity contribution in [2.45, 2.75) is 0 Å². The van der Waals surface area contributed by atoms with Crippen molar-refractivity contribution in [1.29, 1.82) is 0 Å². The average Bonchev–Trinajstić information content (AvgIpc) is 3.31. The molecular formula is C24H13BrO5. The molecule has 0 spiro atoms. The molecule has 0 atom stereocenters. The number of para-hydroxylation sites is 1. The molecule has 6 heteroatoms. The molecule has 4 aromatic rings. The van der Waals surface area contributed by atoms with Crippen LogP contribution in [0, 0.1) is 0 Å². The van der Waals surface area contributed by atoms with E-state index in [-0.39, 0.29) is 23.1 Å². The summed E-state index contributed by atoms with van der Waals surface area (Å²) in [5.41, 5.74) is 1.86. The molecule has 30 heavy (non-hydrogen) atoms. The van der Waals surface area contributed by atoms with Crippen molar-refractivity contribution in [3.63, 3.8) is 0 Å². The molecule has 146 valence electrons. The minimum Gasteiger partial charge on any atom is -0.452 e. The number of hydrogen-bond donors (Lipinski definition) is 0. The van der Waals surface area contributed by atoms with Gasteiger partial charge in [-0.25, -0.2) is 4.79 Å². The summed E-state index contributed by atoms with van der Waals surface area (Å²) in [5, 5.41) is 0.815. The highest BCUT2D eigenvalue weighted by molar-refractivity contribution is 9.10. The van der Waals surface area contributed by atoms with E-state index in [9.17, 15) is 9.59 Å². The lowest BCUT2D eigenvalue weighted by Crippen LogP contribution is -2.07. The highest BCUT2D eigenvalue weighted by Crippen LogP contribution is 2.35. The number of furan rings is 1. The van der Waals surface area contributed by atoms with E-state index in [1.54, 1.807) is 30.3 Å². The van der Waals surface area contributed by atoms with E-state index in [2.05, 4.69) is 15.9 Å². The molecule has 0 bridgehead atoms. The summed E-state index contributed by atoms with van der Waals surface area (Å²) in [4.78, 5) is 25.0. The number of Topliss-reactive ketones (excluding diaryl/α,β-unsaturated/α-hetero) is 1. The summed E-state index contributed by atoms with van der Waals surface area (Å²) >= 11 is 3.38. The van der Waals surface area contributed by atoms with E-state index in [1.807, 2.05) is 42.5 Å². The lowest BCUT2D eigenvalue weighted by Gasteiger charge is -2.04. The first-order chi connectivity index (χ1) is 14.6. The van der Waals surface area contributed by atoms with Crippen molar-refractivity contribution in [2.75, 3.05) is 0 Å². The molecule has 0 aliphatic carbocycles. The summed E-state index contributed by atoms with van der Waals surface area (Å²) in [7, 11) is 0. The molecule has 0 saturated heterocycles. The molecule has 1 aliphatic rings. The van der Waals surface area contributed by atoms with Gasteiger partial charge in [-0.3, -0.25) is 4.79 Å². The zero-order chi connectivity index (χ0) is 20.7. The predicted octanol–water partition coefficient (Wildman–Crippen LogP) is 6.03. The van der Waals surface area contributed by atoms with Crippen molar-refractivity contribution >= 4 is 44.7 Å². The molecule has 0 fully saturated rings. The normalized spacial score (nSPS) is 14.0. The van der Waals surface area contributed by atoms with Crippen LogP contribution in [0.25, 0.3) is 17.0 Å². The highest BCUT2D eigenvalue weighted by atomic mass is 79.9. The summed E-state index contributed by atoms with van der Waals surface area (Å²) in [6.45, 7) is 0. The van der Waals surface area contributed by atoms with Gasteiger partial charge in [0.1, 0.15) is 17.1 Å². The number of ketones is 1. The minimum atomic E-state index is -0.624. The van der Waals surface area contributed by atoms with Crippen LogP contribution in [-0.2, 0) is 0 Å². The number of benzene rings is 3. The third kappa shape index (κ3) is 3.42. The fourth-order valence-corrected chi connectivity index (χ4v) is 3.45. The predicted molar refractivity (Wildman–Crippen MR) is 115 cm³/mol. The van der Waals surface area contributed by atoms with Crippen LogP contribution in [-0.4, -0.2) is 11.8 Å². The maximum Gasteiger partial charge on any atom is 0.379 e. The Kier molecular flexibility index (Phi) is 4.48. The molecule has 2 heterocycles. The first-order valence-corrected chi connectivity index (χ1v) is 9.91. The fourth-order valence-electron chi connectivity index (χ4n) is 3.18. The number of carbonyl (C=O) groups is 2. The number of fused-ring (bicyclic) bond motifs is 2. The first kappa shape index (κ1) is 18.4. The number of carbonyl (C=O) groups excluding carboxylic acids is 2. The molecule has 3 aromatic carbocycles. The van der Waals surface area contributed by atoms with E-state index < -0.39 is 5.97 Å². The molecule has 5 rings (SSSR count). The van der Waals surface area contributed by atoms with Crippen LogP contribution >= 0.6 is 15.9 Å². The van der Waals surface area contributed by atoms with Gasteiger partial charge in [0, 0.05) is 15.9 Å². The summed E-state index contributed by atoms with van der Waals surface area (Å²) in [5.74, 6) is 0.0805. The van der Waals surface area contributed by atoms with Crippen molar-refractivity contribution in [3.8, 4) is 11.5 Å². The van der Waals surface area contributed by atoms with Gasteiger partial charge in [-0.05, 0) is 48.0 Å². The Morgan fingerprint density at radius 2 is 1.77 bits per heavy atom. The number of ether oxygens (including phenoxy) is 2. The third-order valence-electron chi connectivity index (χ3n) is 4.65. The third-order valence-corrected chi connectivity index (χ3v) is 5.18. The molecule has 0 unspecified atom stereocenters. The first-order valence-electron chi connectivity index (χ1n) is 9.11. The maximum atomic E-state index is 12.6. The zero-order valence-corrected chi connectivity index (χ0v) is 17.0. The largest absolute Gasteiger partial charge is 0.452 e. The topological polar surface area (TPSA) is 65.7 Å². The van der Waals surface area contributed by atoms with Crippen molar-refractivity contribution < 1.29 is 23.5 Å². The summed E-state index contributed by atoms with van der Waals surface area (Å²) in [6.07, 6.45) is 1.68. The second-order valence-electron chi connectivity index (χ2n) is 6.69. The molecule has 5 nitrogen and oxygen atoms in total. The van der Waals surface area contributed by atoms with Crippen LogP contribution in [0.1, 0.15) is 26.5 Å². The van der Waals surface area contributed by atoms with E-state index in [1.165, 1.54) is 6.07 Å². The molecule has 0 radical (unpaired) electrons. The number of esters is 1. The Morgan fingerprint density at radius 1 is 0.967 bits per heavy atom. The van der Waals surface area contributed by atoms with Gasteiger partial charge < -0.3 is 13.9 Å². The molecule has 0 N–H and O–H groups in total. The second-order valence-corrected chi connectivity index (χ2v) is 7.60. The molecule has 1 aliphatic heterocycles. The Hall–Kier alpha value is -3.64. The Balaban J connectivity index is 1.37. The smallest absolute Gasteiger partial charge is 0.379 e. The van der Waals surface area contributed by atoms with Crippen LogP contribution in [0.3, 0.4) is 0 Å². The van der Waals surface area contributed by atoms with Gasteiger partial charge in [-0.1, -0.05) is 46.3 Å². The van der Waals surface area contributed by atoms with Crippen LogP contribution < -0.4 is 9.47 Å². The molecule has 1 aromatic heterocycles. The van der Waals surface area contributed by atoms with Gasteiger partial charge in [0.2, 0.25) is 11.5 Å². The van der Waals surface area contributed by atoms with Gasteiger partial charge >= 0.3 is 5.97 Å². The quantitative estimate of drug-likeness (QED) is 0.212. The van der Waals surface area contributed by atoms with Crippen LogP contribution in [0.2, 0.25) is 0 Å². The van der Waals surface area contributed by atoms with Crippen molar-refractivity contribution in [2.24, 2.45) is 0 Å². The SMILES string of the molecule is O=C(Oc1ccc2c(c1)O/C(=C\c1ccc(Br)cc1)C2=O)c1cc2ccccc2o1. The van der Waals surface area contributed by atoms with Gasteiger partial charge in [0.05, 0.1) is 5.56 Å². The van der Waals surface area contributed by atoms with Crippen LogP contribution in [0.5, 0.6) is 11.5 Å². The fraction of sp³-hybridized carbons (Fsp3) is 0. The number of rotatable bonds is 3. The van der Waals surface area contributed by atoms with E-state index in [4.69, 9.17) is 13.9 Å². The summed E-state index contributed by atoms with van der Waals surface area (Å²) < 4.78 is 17.6. The van der Waals surface area contributed by atoms with E-state index in [0.29, 0.717) is 16.9 Å². The second kappa shape index (κ2) is 7.31. The maximum absolute atomic E-state index is 12.6. The monoisotopic (exact) mass is 460 g/mol. The number of halogens is 1.